The van der Waals surface area contributed by atoms with Gasteiger partial charge < -0.3 is 77.7 Å². The Labute approximate surface area is 761 Å². The number of nitrogen functional groups attached to an aromatic ring is 5. The Morgan fingerprint density at radius 1 is 0.403 bits per heavy atom. The second-order valence-corrected chi connectivity index (χ2v) is 35.6. The van der Waals surface area contributed by atoms with E-state index in [1.807, 2.05) is 164 Å². The van der Waals surface area contributed by atoms with E-state index in [1.165, 1.54) is 5.56 Å². The predicted molar refractivity (Wildman–Crippen MR) is 507 cm³/mol. The van der Waals surface area contributed by atoms with Crippen LogP contribution in [0.4, 0.5) is 29.1 Å². The van der Waals surface area contributed by atoms with Crippen LogP contribution >= 0.6 is 47.8 Å². The summed E-state index contributed by atoms with van der Waals surface area (Å²) in [6, 6.07) is 43.6. The van der Waals surface area contributed by atoms with Crippen molar-refractivity contribution in [1.82, 2.24) is 118 Å². The molecule has 34 nitrogen and oxygen atoms in total. The number of nitrogens with zero attached hydrogens (tertiary/aromatic N) is 20. The van der Waals surface area contributed by atoms with Crippen LogP contribution in [0, 0.1) is 6.92 Å². The number of aromatic amines is 4. The highest BCUT2D eigenvalue weighted by Gasteiger charge is 2.33. The van der Waals surface area contributed by atoms with Gasteiger partial charge in [0.1, 0.15) is 102 Å². The van der Waals surface area contributed by atoms with Gasteiger partial charge in [0.05, 0.1) is 82.9 Å². The zero-order valence-corrected chi connectivity index (χ0v) is 75.3. The molecule has 18 aromatic rings. The molecule has 17 heterocycles. The van der Waals surface area contributed by atoms with Crippen molar-refractivity contribution in [1.29, 1.82) is 0 Å². The number of nitrogens with two attached hydrogens (primary N) is 5. The van der Waals surface area contributed by atoms with Crippen molar-refractivity contribution >= 4 is 216 Å². The van der Waals surface area contributed by atoms with Crippen molar-refractivity contribution in [3.05, 3.63) is 206 Å². The molecular weight excluding hydrogens is 1830 g/mol. The number of hydrogen-bond donors (Lipinski definition) is 9. The molecule has 0 saturated carbocycles. The van der Waals surface area contributed by atoms with Crippen molar-refractivity contribution in [3.8, 4) is 11.4 Å². The molecule has 5 aliphatic heterocycles. The highest BCUT2D eigenvalue weighted by atomic mass is 79.9. The molecule has 654 valence electrons. The lowest BCUT2D eigenvalue weighted by Crippen LogP contribution is -2.25. The summed E-state index contributed by atoms with van der Waals surface area (Å²) in [5.41, 5.74) is 46.5. The summed E-state index contributed by atoms with van der Waals surface area (Å²) in [5.74, 6) is 7.00. The minimum Gasteiger partial charge on any atom is -0.382 e. The SMILES string of the molecule is CCCCn1c(CN2CCCC2=O)nc2c(N)nc3cc(Br)ccc3c21.Cc1ccn(-c2ccc3c(c2)nc(N)c2[nH]c(CN4CCCC4=O)nc23)n1.Nc1nc2cc(-n3cccn3)ccc2c2nc(CN3CCCC3=O)[nH]c12.Nc1nc2cc(Br)ccc2c2nc(CN3CC(c4ccccc4)CC3=O)[nH]c12.Nc1nc2cc(Br)ccc2c2nc(CN3CCCC3=O)[nH]c12. The number of carbonyl (C=O) groups excluding carboxylic acids is 5. The number of aryl methyl sites for hydroxylation is 2. The Hall–Kier alpha value is -14.1. The summed E-state index contributed by atoms with van der Waals surface area (Å²) in [5, 5.41) is 13.4. The van der Waals surface area contributed by atoms with Crippen molar-refractivity contribution in [2.75, 3.05) is 61.4 Å². The number of amides is 5. The summed E-state index contributed by atoms with van der Waals surface area (Å²) < 4.78 is 8.68. The number of carbonyl (C=O) groups is 5. The van der Waals surface area contributed by atoms with Crippen LogP contribution in [0.3, 0.4) is 0 Å². The average molecular weight is 1920 g/mol. The second kappa shape index (κ2) is 35.6. The summed E-state index contributed by atoms with van der Waals surface area (Å²) >= 11 is 10.4. The van der Waals surface area contributed by atoms with Crippen LogP contribution in [-0.2, 0) is 63.2 Å². The Morgan fingerprint density at radius 2 is 0.806 bits per heavy atom. The van der Waals surface area contributed by atoms with Gasteiger partial charge in [-0.05, 0) is 148 Å². The summed E-state index contributed by atoms with van der Waals surface area (Å²) in [6.07, 6.45) is 14.3. The zero-order valence-electron chi connectivity index (χ0n) is 70.6. The van der Waals surface area contributed by atoms with E-state index < -0.39 is 0 Å². The van der Waals surface area contributed by atoms with E-state index in [0.29, 0.717) is 111 Å². The van der Waals surface area contributed by atoms with Gasteiger partial charge in [0.2, 0.25) is 29.5 Å². The van der Waals surface area contributed by atoms with Crippen LogP contribution < -0.4 is 28.7 Å². The van der Waals surface area contributed by atoms with Crippen LogP contribution in [0.25, 0.3) is 121 Å². The first kappa shape index (κ1) is 84.4. The minimum absolute atomic E-state index is 0.147. The first-order valence-corrected chi connectivity index (χ1v) is 45.3. The van der Waals surface area contributed by atoms with Crippen molar-refractivity contribution in [3.63, 3.8) is 0 Å². The molecule has 5 saturated heterocycles. The Bertz CT molecular complexity index is 7450. The lowest BCUT2D eigenvalue weighted by Gasteiger charge is -2.16. The molecule has 0 aliphatic carbocycles. The Morgan fingerprint density at radius 3 is 1.22 bits per heavy atom. The molecule has 14 N–H and O–H groups in total. The number of likely N-dealkylation sites (tertiary alicyclic amines) is 5. The molecule has 37 heteroatoms. The number of hydrogen-bond acceptors (Lipinski definition) is 22. The van der Waals surface area contributed by atoms with E-state index in [-0.39, 0.29) is 35.5 Å². The maximum absolute atomic E-state index is 12.5. The molecule has 1 atom stereocenters. The van der Waals surface area contributed by atoms with Crippen LogP contribution in [0.5, 0.6) is 0 Å². The van der Waals surface area contributed by atoms with E-state index in [0.717, 1.165) is 230 Å². The van der Waals surface area contributed by atoms with Crippen LogP contribution in [-0.4, -0.2) is 181 Å². The number of nitrogens with one attached hydrogen (secondary N) is 4. The predicted octanol–water partition coefficient (Wildman–Crippen LogP) is 14.7. The number of H-pyrrole nitrogens is 4. The first-order chi connectivity index (χ1) is 62.5. The van der Waals surface area contributed by atoms with E-state index in [1.54, 1.807) is 10.9 Å². The zero-order chi connectivity index (χ0) is 89.0. The van der Waals surface area contributed by atoms with Gasteiger partial charge in [0, 0.05) is 136 Å². The summed E-state index contributed by atoms with van der Waals surface area (Å²) in [6.45, 7) is 11.2. The van der Waals surface area contributed by atoms with Gasteiger partial charge in [-0.1, -0.05) is 91.5 Å². The summed E-state index contributed by atoms with van der Waals surface area (Å²) in [4.78, 5) is 128. The van der Waals surface area contributed by atoms with Gasteiger partial charge in [0.25, 0.3) is 0 Å². The van der Waals surface area contributed by atoms with Crippen molar-refractivity contribution in [2.24, 2.45) is 0 Å². The molecule has 5 amide bonds. The number of imidazole rings is 5. The molecule has 5 aliphatic rings. The lowest BCUT2D eigenvalue weighted by molar-refractivity contribution is -0.129. The Kier molecular flexibility index (Phi) is 23.3. The number of pyridine rings is 5. The van der Waals surface area contributed by atoms with Gasteiger partial charge in [-0.2, -0.15) is 10.2 Å². The smallest absolute Gasteiger partial charge is 0.223 e. The highest BCUT2D eigenvalue weighted by molar-refractivity contribution is 9.11. The van der Waals surface area contributed by atoms with Gasteiger partial charge in [-0.25, -0.2) is 59.2 Å². The van der Waals surface area contributed by atoms with E-state index in [4.69, 9.17) is 48.6 Å². The summed E-state index contributed by atoms with van der Waals surface area (Å²) in [7, 11) is 0. The van der Waals surface area contributed by atoms with Gasteiger partial charge in [-0.15, -0.1) is 0 Å². The number of halogens is 3. The number of benzene rings is 6. The third kappa shape index (κ3) is 17.3. The van der Waals surface area contributed by atoms with E-state index in [9.17, 15) is 24.0 Å². The molecular formula is C92H90Br3N29O5. The quantitative estimate of drug-likeness (QED) is 0.0434. The van der Waals surface area contributed by atoms with E-state index in [2.05, 4.69) is 138 Å². The standard InChI is InChI=1S/C21H18BrN5O.C19H22BrN5O.C19H19N7O.C18H17N7O.C15H14BrN5O/c22-14-6-7-15-16(9-14)24-21(23)20-19(15)25-17(26-20)11-27-10-13(8-18(27)28)12-4-2-1-3-5-12;1-2-3-9-25-15(11-24-8-4-5-16(24)26)23-17-18(25)13-7-6-12(20)10-14(13)22-19(17)21;1-11-6-8-26(24-11)12-4-5-13-14(9-12)21-19(20)18-17(13)22-15(23-18)10-25-7-2-3-16(25)27;19-18-17-16(22-14(23-17)10-24-7-1-3-15(24)26)12-5-4-11(9-13(12)21-18)25-8-2-6-20-25;16-8-3-4-9-10(6-8)18-15(17)14-13(9)19-11(20-14)7-21-5-1-2-12(21)22/h1-7,9,13H,8,10-11H2,(H2,23,24)(H,25,26);6-7,10H,2-5,8-9,11H2,1H3,(H2,21,22);4-6,8-9H,2-3,7,10H2,1H3,(H2,20,21)(H,22,23);2,4-6,8-9H,1,3,7,10H2,(H2,19,21)(H,22,23);3-4,6H,1-2,5,7H2,(H2,17,18)(H,19,20). The third-order valence-corrected chi connectivity index (χ3v) is 25.5. The topological polar surface area (TPSA) is 464 Å². The first-order valence-electron chi connectivity index (χ1n) is 42.9. The molecule has 129 heavy (non-hydrogen) atoms. The number of rotatable bonds is 16. The average Bonchev–Trinajstić information content (AvgIpc) is 1.61. The largest absolute Gasteiger partial charge is 0.382 e. The maximum Gasteiger partial charge on any atom is 0.223 e. The van der Waals surface area contributed by atoms with Crippen LogP contribution in [0.1, 0.15) is 124 Å². The second-order valence-electron chi connectivity index (χ2n) is 32.8. The molecule has 0 spiro atoms. The van der Waals surface area contributed by atoms with Gasteiger partial charge >= 0.3 is 0 Å². The molecule has 0 bridgehead atoms. The number of fused-ring (bicyclic) bond motifs is 15. The molecule has 6 aromatic carbocycles. The monoisotopic (exact) mass is 1920 g/mol. The number of anilines is 5. The number of unbranched alkanes of at least 4 members (excludes halogenated alkanes) is 1. The fourth-order valence-corrected chi connectivity index (χ4v) is 18.6. The van der Waals surface area contributed by atoms with Crippen molar-refractivity contribution in [2.45, 2.75) is 130 Å². The Balaban J connectivity index is 0.000000105. The lowest BCUT2D eigenvalue weighted by atomic mass is 9.99. The maximum atomic E-state index is 12.5. The molecule has 0 radical (unpaired) electrons. The van der Waals surface area contributed by atoms with Gasteiger partial charge in [0.15, 0.2) is 5.82 Å². The molecule has 1 unspecified atom stereocenters. The normalized spacial score (nSPS) is 15.4. The molecule has 12 aromatic heterocycles. The van der Waals surface area contributed by atoms with Gasteiger partial charge in [-0.3, -0.25) is 24.0 Å². The molecule has 23 rings (SSSR count). The minimum atomic E-state index is 0.147. The van der Waals surface area contributed by atoms with Crippen molar-refractivity contribution < 1.29 is 24.0 Å². The third-order valence-electron chi connectivity index (χ3n) is 24.0. The fourth-order valence-electron chi connectivity index (χ4n) is 17.6. The van der Waals surface area contributed by atoms with Crippen LogP contribution in [0.2, 0.25) is 0 Å². The highest BCUT2D eigenvalue weighted by Crippen LogP contribution is 2.38. The number of aromatic nitrogens is 19. The van der Waals surface area contributed by atoms with Crippen LogP contribution in [0.15, 0.2) is 165 Å². The fraction of sp³-hybridized carbons (Fsp3) is 0.272. The molecule has 5 fully saturated rings. The van der Waals surface area contributed by atoms with E-state index >= 15 is 0 Å².